The van der Waals surface area contributed by atoms with Gasteiger partial charge < -0.3 is 10.2 Å². The fraction of sp³-hybridized carbons (Fsp3) is 0.917. The first kappa shape index (κ1) is 13.5. The topological polar surface area (TPSA) is 69.6 Å². The Hall–Kier alpha value is -0.610. The number of hydrogen-bond donors (Lipinski definition) is 3. The van der Waals surface area contributed by atoms with E-state index < -0.39 is 17.0 Å². The van der Waals surface area contributed by atoms with E-state index in [0.717, 1.165) is 12.8 Å². The number of carboxylic acid groups (broad SMARTS) is 1. The minimum Gasteiger partial charge on any atom is -0.480 e. The summed E-state index contributed by atoms with van der Waals surface area (Å²) in [4.78, 5) is 11.5. The van der Waals surface area contributed by atoms with Gasteiger partial charge in [0.05, 0.1) is 6.61 Å². The van der Waals surface area contributed by atoms with Crippen LogP contribution in [-0.4, -0.2) is 33.9 Å². The molecular weight excluding hydrogens is 206 g/mol. The summed E-state index contributed by atoms with van der Waals surface area (Å²) in [5.74, 6) is -0.368. The van der Waals surface area contributed by atoms with Crippen LogP contribution in [0, 0.1) is 5.92 Å². The molecule has 2 atom stereocenters. The fourth-order valence-electron chi connectivity index (χ4n) is 2.60. The van der Waals surface area contributed by atoms with E-state index in [1.165, 1.54) is 0 Å². The maximum absolute atomic E-state index is 11.5. The summed E-state index contributed by atoms with van der Waals surface area (Å²) in [7, 11) is 0. The summed E-state index contributed by atoms with van der Waals surface area (Å²) >= 11 is 0. The molecule has 0 aromatic carbocycles. The van der Waals surface area contributed by atoms with E-state index in [1.807, 2.05) is 13.8 Å². The van der Waals surface area contributed by atoms with Crippen molar-refractivity contribution in [2.24, 2.45) is 5.92 Å². The first-order valence-electron chi connectivity index (χ1n) is 5.95. The van der Waals surface area contributed by atoms with Crippen molar-refractivity contribution < 1.29 is 15.0 Å². The summed E-state index contributed by atoms with van der Waals surface area (Å²) in [5, 5.41) is 21.8. The van der Waals surface area contributed by atoms with E-state index in [0.29, 0.717) is 18.8 Å². The molecule has 0 spiro atoms. The lowest BCUT2D eigenvalue weighted by atomic mass is 9.75. The lowest BCUT2D eigenvalue weighted by molar-refractivity contribution is -0.148. The number of nitrogens with one attached hydrogen (secondary N) is 1. The number of carbonyl (C=O) groups is 1. The Kier molecular flexibility index (Phi) is 3.97. The fourth-order valence-corrected chi connectivity index (χ4v) is 2.60. The van der Waals surface area contributed by atoms with Gasteiger partial charge in [-0.25, -0.2) is 0 Å². The van der Waals surface area contributed by atoms with Crippen LogP contribution in [0.25, 0.3) is 0 Å². The molecule has 16 heavy (non-hydrogen) atoms. The second-order valence-electron chi connectivity index (χ2n) is 5.76. The molecule has 0 aromatic heterocycles. The zero-order chi connectivity index (χ0) is 12.4. The van der Waals surface area contributed by atoms with E-state index in [2.05, 4.69) is 12.2 Å². The molecule has 0 radical (unpaired) electrons. The van der Waals surface area contributed by atoms with Gasteiger partial charge in [-0.15, -0.1) is 0 Å². The van der Waals surface area contributed by atoms with Crippen LogP contribution in [-0.2, 0) is 4.79 Å². The van der Waals surface area contributed by atoms with Crippen LogP contribution in [0.15, 0.2) is 0 Å². The van der Waals surface area contributed by atoms with Gasteiger partial charge in [-0.2, -0.15) is 0 Å². The normalized spacial score (nSPS) is 31.4. The number of rotatable bonds is 4. The molecule has 1 aliphatic carbocycles. The SMILES string of the molecule is CC1CCCC(NC(C)(C)CO)(C(=O)O)C1. The molecule has 4 nitrogen and oxygen atoms in total. The van der Waals surface area contributed by atoms with Crippen molar-refractivity contribution in [1.29, 1.82) is 0 Å². The van der Waals surface area contributed by atoms with Gasteiger partial charge in [-0.3, -0.25) is 10.1 Å². The first-order chi connectivity index (χ1) is 7.31. The zero-order valence-corrected chi connectivity index (χ0v) is 10.4. The highest BCUT2D eigenvalue weighted by molar-refractivity contribution is 5.79. The lowest BCUT2D eigenvalue weighted by Gasteiger charge is -2.42. The van der Waals surface area contributed by atoms with Gasteiger partial charge in [0, 0.05) is 5.54 Å². The third-order valence-electron chi connectivity index (χ3n) is 3.38. The molecule has 94 valence electrons. The minimum atomic E-state index is -0.857. The number of hydrogen-bond acceptors (Lipinski definition) is 3. The highest BCUT2D eigenvalue weighted by Gasteiger charge is 2.44. The van der Waals surface area contributed by atoms with Crippen molar-refractivity contribution in [3.05, 3.63) is 0 Å². The smallest absolute Gasteiger partial charge is 0.323 e. The Bertz CT molecular complexity index is 265. The second-order valence-corrected chi connectivity index (χ2v) is 5.76. The maximum Gasteiger partial charge on any atom is 0.323 e. The average molecular weight is 229 g/mol. The second kappa shape index (κ2) is 4.72. The highest BCUT2D eigenvalue weighted by Crippen LogP contribution is 2.34. The molecule has 4 heteroatoms. The summed E-state index contributed by atoms with van der Waals surface area (Å²) < 4.78 is 0. The van der Waals surface area contributed by atoms with Crippen LogP contribution in [0.1, 0.15) is 46.5 Å². The van der Waals surface area contributed by atoms with E-state index in [-0.39, 0.29) is 6.61 Å². The number of aliphatic hydroxyl groups is 1. The van der Waals surface area contributed by atoms with Gasteiger partial charge in [0.1, 0.15) is 5.54 Å². The predicted molar refractivity (Wildman–Crippen MR) is 62.3 cm³/mol. The van der Waals surface area contributed by atoms with Crippen LogP contribution in [0.4, 0.5) is 0 Å². The Morgan fingerprint density at radius 3 is 2.62 bits per heavy atom. The van der Waals surface area contributed by atoms with Gasteiger partial charge in [-0.1, -0.05) is 19.8 Å². The van der Waals surface area contributed by atoms with Crippen LogP contribution in [0.2, 0.25) is 0 Å². The van der Waals surface area contributed by atoms with Crippen molar-refractivity contribution in [2.45, 2.75) is 57.5 Å². The van der Waals surface area contributed by atoms with Gasteiger partial charge in [0.15, 0.2) is 0 Å². The van der Waals surface area contributed by atoms with Crippen LogP contribution in [0.3, 0.4) is 0 Å². The van der Waals surface area contributed by atoms with Gasteiger partial charge >= 0.3 is 5.97 Å². The minimum absolute atomic E-state index is 0.0591. The van der Waals surface area contributed by atoms with Crippen molar-refractivity contribution in [3.63, 3.8) is 0 Å². The van der Waals surface area contributed by atoms with Crippen molar-refractivity contribution >= 4 is 5.97 Å². The molecule has 0 aromatic rings. The first-order valence-corrected chi connectivity index (χ1v) is 5.95. The Morgan fingerprint density at radius 2 is 2.19 bits per heavy atom. The monoisotopic (exact) mass is 229 g/mol. The number of aliphatic hydroxyl groups excluding tert-OH is 1. The molecule has 0 heterocycles. The van der Waals surface area contributed by atoms with Crippen LogP contribution in [0.5, 0.6) is 0 Å². The number of carboxylic acids is 1. The molecule has 1 fully saturated rings. The Labute approximate surface area is 97.0 Å². The summed E-state index contributed by atoms with van der Waals surface area (Å²) in [6.07, 6.45) is 3.32. The highest BCUT2D eigenvalue weighted by atomic mass is 16.4. The zero-order valence-electron chi connectivity index (χ0n) is 10.4. The molecule has 1 rings (SSSR count). The van der Waals surface area contributed by atoms with Crippen molar-refractivity contribution in [3.8, 4) is 0 Å². The largest absolute Gasteiger partial charge is 0.480 e. The molecule has 0 saturated heterocycles. The van der Waals surface area contributed by atoms with E-state index in [9.17, 15) is 15.0 Å². The molecule has 1 saturated carbocycles. The third kappa shape index (κ3) is 2.95. The maximum atomic E-state index is 11.5. The summed E-state index contributed by atoms with van der Waals surface area (Å²) in [5.41, 5.74) is -1.40. The van der Waals surface area contributed by atoms with E-state index in [1.54, 1.807) is 0 Å². The molecular formula is C12H23NO3. The quantitative estimate of drug-likeness (QED) is 0.681. The van der Waals surface area contributed by atoms with E-state index in [4.69, 9.17) is 0 Å². The Morgan fingerprint density at radius 1 is 1.56 bits per heavy atom. The van der Waals surface area contributed by atoms with Crippen molar-refractivity contribution in [2.75, 3.05) is 6.61 Å². The lowest BCUT2D eigenvalue weighted by Crippen LogP contribution is -2.62. The van der Waals surface area contributed by atoms with Crippen molar-refractivity contribution in [1.82, 2.24) is 5.32 Å². The van der Waals surface area contributed by atoms with Gasteiger partial charge in [0.25, 0.3) is 0 Å². The molecule has 0 aliphatic heterocycles. The predicted octanol–water partition coefficient (Wildman–Crippen LogP) is 1.38. The van der Waals surface area contributed by atoms with Gasteiger partial charge in [0.2, 0.25) is 0 Å². The van der Waals surface area contributed by atoms with Gasteiger partial charge in [-0.05, 0) is 32.6 Å². The summed E-state index contributed by atoms with van der Waals surface area (Å²) in [6, 6.07) is 0. The molecule has 2 unspecified atom stereocenters. The molecule has 0 amide bonds. The molecule has 0 bridgehead atoms. The average Bonchev–Trinajstić information content (AvgIpc) is 2.17. The van der Waals surface area contributed by atoms with E-state index >= 15 is 0 Å². The van der Waals surface area contributed by atoms with Crippen LogP contribution < -0.4 is 5.32 Å². The third-order valence-corrected chi connectivity index (χ3v) is 3.38. The molecule has 1 aliphatic rings. The standard InChI is InChI=1S/C12H23NO3/c1-9-5-4-6-12(7-9,10(15)16)13-11(2,3)8-14/h9,13-14H,4-8H2,1-3H3,(H,15,16). The summed E-state index contributed by atoms with van der Waals surface area (Å²) in [6.45, 7) is 5.69. The van der Waals surface area contributed by atoms with Crippen LogP contribution >= 0.6 is 0 Å². The molecule has 3 N–H and O–H groups in total. The Balaban J connectivity index is 2.84. The number of aliphatic carboxylic acids is 1.